The highest BCUT2D eigenvalue weighted by molar-refractivity contribution is 14.0. The van der Waals surface area contributed by atoms with Crippen LogP contribution < -0.4 is 10.6 Å². The van der Waals surface area contributed by atoms with Crippen molar-refractivity contribution in [3.8, 4) is 0 Å². The third-order valence-corrected chi connectivity index (χ3v) is 5.40. The first-order valence-electron chi connectivity index (χ1n) is 8.78. The van der Waals surface area contributed by atoms with Crippen molar-refractivity contribution in [3.63, 3.8) is 0 Å². The Balaban J connectivity index is 0.00000392. The fourth-order valence-electron chi connectivity index (χ4n) is 2.70. The molecule has 0 unspecified atom stereocenters. The average Bonchev–Trinajstić information content (AvgIpc) is 2.61. The Bertz CT molecular complexity index is 900. The van der Waals surface area contributed by atoms with Crippen LogP contribution >= 0.6 is 24.0 Å². The van der Waals surface area contributed by atoms with Crippen LogP contribution in [0.2, 0.25) is 0 Å². The number of sulfone groups is 1. The Kier molecular flexibility index (Phi) is 9.88. The number of halogens is 2. The molecule has 2 aromatic rings. The molecule has 0 aliphatic heterocycles. The van der Waals surface area contributed by atoms with Crippen LogP contribution in [0.25, 0.3) is 0 Å². The van der Waals surface area contributed by atoms with Gasteiger partial charge < -0.3 is 10.6 Å². The number of guanidine groups is 1. The van der Waals surface area contributed by atoms with Crippen LogP contribution in [0, 0.1) is 12.7 Å². The van der Waals surface area contributed by atoms with E-state index >= 15 is 0 Å². The lowest BCUT2D eigenvalue weighted by molar-refractivity contribution is 0.602. The number of hydrogen-bond donors (Lipinski definition) is 2. The lowest BCUT2D eigenvalue weighted by Gasteiger charge is -2.13. The maximum atomic E-state index is 13.1. The summed E-state index contributed by atoms with van der Waals surface area (Å²) in [6.45, 7) is 3.27. The number of aliphatic imine (C=N–C) groups is 1. The van der Waals surface area contributed by atoms with E-state index in [4.69, 9.17) is 0 Å². The Morgan fingerprint density at radius 2 is 1.64 bits per heavy atom. The highest BCUT2D eigenvalue weighted by atomic mass is 127. The van der Waals surface area contributed by atoms with Gasteiger partial charge in [-0.3, -0.25) is 4.99 Å². The number of nitrogens with zero attached hydrogens (tertiary/aromatic N) is 1. The summed E-state index contributed by atoms with van der Waals surface area (Å²) in [4.78, 5) is 4.52. The lowest BCUT2D eigenvalue weighted by Crippen LogP contribution is -2.39. The zero-order valence-electron chi connectivity index (χ0n) is 16.3. The Hall–Kier alpha value is -1.68. The van der Waals surface area contributed by atoms with E-state index in [2.05, 4.69) is 15.6 Å². The van der Waals surface area contributed by atoms with Crippen molar-refractivity contribution in [3.05, 3.63) is 65.0 Å². The first-order valence-corrected chi connectivity index (χ1v) is 10.7. The average molecular weight is 519 g/mol. The minimum atomic E-state index is -3.16. The van der Waals surface area contributed by atoms with E-state index in [-0.39, 0.29) is 29.8 Å². The van der Waals surface area contributed by atoms with Crippen molar-refractivity contribution >= 4 is 39.8 Å². The Morgan fingerprint density at radius 3 is 2.18 bits per heavy atom. The molecule has 0 aliphatic rings. The molecule has 2 aromatic carbocycles. The summed E-state index contributed by atoms with van der Waals surface area (Å²) < 4.78 is 36.1. The zero-order valence-corrected chi connectivity index (χ0v) is 19.5. The largest absolute Gasteiger partial charge is 0.356 e. The first-order chi connectivity index (χ1) is 12.8. The van der Waals surface area contributed by atoms with Gasteiger partial charge in [-0.05, 0) is 60.7 Å². The summed E-state index contributed by atoms with van der Waals surface area (Å²) in [5.74, 6) is 0.480. The fraction of sp³-hybridized carbons (Fsp3) is 0.350. The van der Waals surface area contributed by atoms with E-state index in [1.165, 1.54) is 18.4 Å². The monoisotopic (exact) mass is 519 g/mol. The smallest absolute Gasteiger partial charge is 0.190 e. The van der Waals surface area contributed by atoms with Crippen molar-refractivity contribution in [2.24, 2.45) is 4.99 Å². The van der Waals surface area contributed by atoms with Crippen molar-refractivity contribution < 1.29 is 12.8 Å². The molecular weight excluding hydrogens is 492 g/mol. The van der Waals surface area contributed by atoms with Gasteiger partial charge >= 0.3 is 0 Å². The van der Waals surface area contributed by atoms with Gasteiger partial charge in [0, 0.05) is 26.4 Å². The maximum Gasteiger partial charge on any atom is 0.190 e. The molecule has 0 amide bonds. The predicted octanol–water partition coefficient (Wildman–Crippen LogP) is 3.11. The summed E-state index contributed by atoms with van der Waals surface area (Å²) in [6.07, 6.45) is 2.73. The maximum absolute atomic E-state index is 13.1. The topological polar surface area (TPSA) is 70.6 Å². The zero-order chi connectivity index (χ0) is 19.9. The molecule has 0 aliphatic carbocycles. The molecule has 8 heteroatoms. The van der Waals surface area contributed by atoms with Crippen LogP contribution in [0.3, 0.4) is 0 Å². The molecule has 0 atom stereocenters. The molecule has 0 radical (unpaired) electrons. The normalized spacial score (nSPS) is 11.6. The van der Waals surface area contributed by atoms with Gasteiger partial charge in [-0.1, -0.05) is 18.2 Å². The minimum absolute atomic E-state index is 0. The first kappa shape index (κ1) is 24.4. The van der Waals surface area contributed by atoms with Gasteiger partial charge in [0.15, 0.2) is 15.8 Å². The fourth-order valence-corrected chi connectivity index (χ4v) is 3.34. The second-order valence-electron chi connectivity index (χ2n) is 6.41. The summed E-state index contributed by atoms with van der Waals surface area (Å²) in [7, 11) is -1.45. The van der Waals surface area contributed by atoms with E-state index < -0.39 is 9.84 Å². The van der Waals surface area contributed by atoms with Crippen molar-refractivity contribution in [1.29, 1.82) is 0 Å². The molecule has 0 saturated heterocycles. The second kappa shape index (κ2) is 11.4. The van der Waals surface area contributed by atoms with Gasteiger partial charge in [-0.2, -0.15) is 0 Å². The summed E-state index contributed by atoms with van der Waals surface area (Å²) >= 11 is 0. The SMILES string of the molecule is CN=C(NCCc1ccc(S(C)(=O)=O)cc1)NCCc1ccc(F)cc1C.I. The van der Waals surface area contributed by atoms with Crippen molar-refractivity contribution in [1.82, 2.24) is 10.6 Å². The predicted molar refractivity (Wildman–Crippen MR) is 123 cm³/mol. The molecule has 0 spiro atoms. The van der Waals surface area contributed by atoms with Crippen molar-refractivity contribution in [2.75, 3.05) is 26.4 Å². The Labute approximate surface area is 183 Å². The highest BCUT2D eigenvalue weighted by Crippen LogP contribution is 2.11. The summed E-state index contributed by atoms with van der Waals surface area (Å²) in [6, 6.07) is 11.7. The van der Waals surface area contributed by atoms with Crippen LogP contribution in [0.4, 0.5) is 4.39 Å². The molecule has 0 saturated carbocycles. The third-order valence-electron chi connectivity index (χ3n) is 4.27. The number of rotatable bonds is 7. The van der Waals surface area contributed by atoms with E-state index in [1.54, 1.807) is 19.2 Å². The van der Waals surface area contributed by atoms with Crippen LogP contribution in [0.15, 0.2) is 52.4 Å². The van der Waals surface area contributed by atoms with Gasteiger partial charge in [0.05, 0.1) is 4.90 Å². The number of aryl methyl sites for hydroxylation is 1. The second-order valence-corrected chi connectivity index (χ2v) is 8.43. The number of hydrogen-bond acceptors (Lipinski definition) is 3. The van der Waals surface area contributed by atoms with E-state index in [0.29, 0.717) is 23.9 Å². The molecule has 5 nitrogen and oxygen atoms in total. The molecule has 2 N–H and O–H groups in total. The van der Waals surface area contributed by atoms with Crippen LogP contribution in [0.5, 0.6) is 0 Å². The molecular formula is C20H27FIN3O2S. The Morgan fingerprint density at radius 1 is 1.04 bits per heavy atom. The summed E-state index contributed by atoms with van der Waals surface area (Å²) in [5.41, 5.74) is 3.09. The third kappa shape index (κ3) is 7.75. The molecule has 154 valence electrons. The molecule has 28 heavy (non-hydrogen) atoms. The van der Waals surface area contributed by atoms with Crippen LogP contribution in [0.1, 0.15) is 16.7 Å². The number of nitrogens with one attached hydrogen (secondary N) is 2. The van der Waals surface area contributed by atoms with Gasteiger partial charge in [0.2, 0.25) is 0 Å². The van der Waals surface area contributed by atoms with Crippen molar-refractivity contribution in [2.45, 2.75) is 24.7 Å². The van der Waals surface area contributed by atoms with Gasteiger partial charge in [0.25, 0.3) is 0 Å². The van der Waals surface area contributed by atoms with Gasteiger partial charge in [-0.25, -0.2) is 12.8 Å². The van der Waals surface area contributed by atoms with E-state index in [1.807, 2.05) is 25.1 Å². The molecule has 0 heterocycles. The highest BCUT2D eigenvalue weighted by Gasteiger charge is 2.06. The van der Waals surface area contributed by atoms with Gasteiger partial charge in [0.1, 0.15) is 5.82 Å². The van der Waals surface area contributed by atoms with Crippen LogP contribution in [-0.4, -0.2) is 40.8 Å². The molecule has 2 rings (SSSR count). The van der Waals surface area contributed by atoms with E-state index in [0.717, 1.165) is 29.5 Å². The minimum Gasteiger partial charge on any atom is -0.356 e. The van der Waals surface area contributed by atoms with E-state index in [9.17, 15) is 12.8 Å². The van der Waals surface area contributed by atoms with Gasteiger partial charge in [-0.15, -0.1) is 24.0 Å². The molecule has 0 fully saturated rings. The quantitative estimate of drug-likeness (QED) is 0.335. The molecule has 0 aromatic heterocycles. The summed E-state index contributed by atoms with van der Waals surface area (Å²) in [5, 5.41) is 6.47. The number of benzene rings is 2. The standard InChI is InChI=1S/C20H26FN3O2S.HI/c1-15-14-18(21)7-6-17(15)11-13-24-20(22-2)23-12-10-16-4-8-19(9-5-16)27(3,25)26;/h4-9,14H,10-13H2,1-3H3,(H2,22,23,24);1H. The lowest BCUT2D eigenvalue weighted by atomic mass is 10.1. The molecule has 0 bridgehead atoms. The van der Waals surface area contributed by atoms with Crippen LogP contribution in [-0.2, 0) is 22.7 Å².